The third kappa shape index (κ3) is 4.33. The molecule has 2 aliphatic rings. The van der Waals surface area contributed by atoms with Gasteiger partial charge in [0.25, 0.3) is 0 Å². The number of hydrogen-bond donors (Lipinski definition) is 1. The molecule has 0 saturated carbocycles. The fourth-order valence-electron chi connectivity index (χ4n) is 4.11. The van der Waals surface area contributed by atoms with Gasteiger partial charge in [0.05, 0.1) is 18.8 Å². The van der Waals surface area contributed by atoms with Gasteiger partial charge in [-0.15, -0.1) is 0 Å². The van der Waals surface area contributed by atoms with Gasteiger partial charge in [0.2, 0.25) is 0 Å². The van der Waals surface area contributed by atoms with Crippen molar-refractivity contribution < 1.29 is 4.84 Å². The van der Waals surface area contributed by atoms with Crippen LogP contribution in [0.25, 0.3) is 0 Å². The predicted molar refractivity (Wildman–Crippen MR) is 120 cm³/mol. The van der Waals surface area contributed by atoms with E-state index in [2.05, 4.69) is 61.5 Å². The number of hydroxylamine groups is 1. The van der Waals surface area contributed by atoms with Crippen LogP contribution in [0.15, 0.2) is 49.1 Å². The first-order chi connectivity index (χ1) is 15.2. The van der Waals surface area contributed by atoms with Crippen LogP contribution in [0.3, 0.4) is 0 Å². The fourth-order valence-corrected chi connectivity index (χ4v) is 4.11. The molecular weight excluding hydrogens is 392 g/mol. The van der Waals surface area contributed by atoms with Crippen molar-refractivity contribution in [2.24, 2.45) is 7.05 Å². The SMILES string of the molecule is CN1CCN(c2ccc(Nc3cc(N4OCC[C@@H]4c4cnn(C)c4)ncn3)cc2)CC1. The van der Waals surface area contributed by atoms with Gasteiger partial charge in [0, 0.05) is 68.8 Å². The summed E-state index contributed by atoms with van der Waals surface area (Å²) in [7, 11) is 4.10. The number of hydrogen-bond acceptors (Lipinski definition) is 8. The Morgan fingerprint density at radius 2 is 1.84 bits per heavy atom. The molecule has 2 aromatic heterocycles. The summed E-state index contributed by atoms with van der Waals surface area (Å²) >= 11 is 0. The van der Waals surface area contributed by atoms with Crippen LogP contribution >= 0.6 is 0 Å². The summed E-state index contributed by atoms with van der Waals surface area (Å²) in [6.07, 6.45) is 6.37. The van der Waals surface area contributed by atoms with Gasteiger partial charge in [-0.05, 0) is 31.3 Å². The molecule has 0 aliphatic carbocycles. The first-order valence-corrected chi connectivity index (χ1v) is 10.7. The molecule has 1 aromatic carbocycles. The number of nitrogens with one attached hydrogen (secondary N) is 1. The lowest BCUT2D eigenvalue weighted by Crippen LogP contribution is -2.44. The Morgan fingerprint density at radius 3 is 2.58 bits per heavy atom. The zero-order valence-corrected chi connectivity index (χ0v) is 18.0. The van der Waals surface area contributed by atoms with Crippen molar-refractivity contribution in [3.63, 3.8) is 0 Å². The van der Waals surface area contributed by atoms with Crippen molar-refractivity contribution in [1.82, 2.24) is 24.6 Å². The molecule has 2 aliphatic heterocycles. The molecule has 5 rings (SSSR count). The van der Waals surface area contributed by atoms with Gasteiger partial charge < -0.3 is 15.1 Å². The van der Waals surface area contributed by atoms with Gasteiger partial charge in [-0.25, -0.2) is 15.0 Å². The van der Waals surface area contributed by atoms with E-state index in [4.69, 9.17) is 4.84 Å². The van der Waals surface area contributed by atoms with E-state index >= 15 is 0 Å². The Morgan fingerprint density at radius 1 is 1.03 bits per heavy atom. The average Bonchev–Trinajstić information content (AvgIpc) is 3.44. The molecular formula is C22H28N8O. The lowest BCUT2D eigenvalue weighted by molar-refractivity contribution is 0.157. The van der Waals surface area contributed by atoms with Gasteiger partial charge in [-0.2, -0.15) is 5.10 Å². The maximum atomic E-state index is 5.88. The summed E-state index contributed by atoms with van der Waals surface area (Å²) in [5.74, 6) is 1.47. The fraction of sp³-hybridized carbons (Fsp3) is 0.409. The molecule has 3 aromatic rings. The molecule has 2 saturated heterocycles. The zero-order chi connectivity index (χ0) is 21.2. The third-order valence-corrected chi connectivity index (χ3v) is 5.90. The highest BCUT2D eigenvalue weighted by atomic mass is 16.7. The Hall–Kier alpha value is -3.17. The topological polar surface area (TPSA) is 74.6 Å². The van der Waals surface area contributed by atoms with Gasteiger partial charge in [-0.3, -0.25) is 9.52 Å². The van der Waals surface area contributed by atoms with E-state index in [0.717, 1.165) is 55.5 Å². The van der Waals surface area contributed by atoms with Gasteiger partial charge in [0.15, 0.2) is 5.82 Å². The molecule has 2 fully saturated rings. The van der Waals surface area contributed by atoms with Crippen molar-refractivity contribution in [3.8, 4) is 0 Å². The largest absolute Gasteiger partial charge is 0.369 e. The standard InChI is InChI=1S/C22H28N8O/c1-27-8-10-29(11-9-27)19-5-3-18(4-6-19)26-21-13-22(24-16-23-21)30-20(7-12-31-30)17-14-25-28(2)15-17/h3-6,13-16,20H,7-12H2,1-2H3,(H,23,24,26)/t20-/m1/s1. The van der Waals surface area contributed by atoms with Crippen LogP contribution in [0.2, 0.25) is 0 Å². The highest BCUT2D eigenvalue weighted by Gasteiger charge is 2.30. The van der Waals surface area contributed by atoms with Crippen molar-refractivity contribution in [2.75, 3.05) is 55.1 Å². The molecule has 4 heterocycles. The number of piperazine rings is 1. The molecule has 1 N–H and O–H groups in total. The van der Waals surface area contributed by atoms with E-state index in [1.807, 2.05) is 35.3 Å². The van der Waals surface area contributed by atoms with Gasteiger partial charge in [-0.1, -0.05) is 0 Å². The molecule has 1 atom stereocenters. The van der Waals surface area contributed by atoms with E-state index in [-0.39, 0.29) is 6.04 Å². The van der Waals surface area contributed by atoms with E-state index in [1.165, 1.54) is 5.69 Å². The van der Waals surface area contributed by atoms with Crippen molar-refractivity contribution >= 4 is 23.0 Å². The summed E-state index contributed by atoms with van der Waals surface area (Å²) in [5, 5.41) is 9.54. The summed E-state index contributed by atoms with van der Waals surface area (Å²) in [6, 6.07) is 10.5. The normalized spacial score (nSPS) is 19.7. The highest BCUT2D eigenvalue weighted by molar-refractivity contribution is 5.62. The second-order valence-corrected chi connectivity index (χ2v) is 8.13. The first kappa shape index (κ1) is 19.8. The average molecular weight is 421 g/mol. The maximum absolute atomic E-state index is 5.88. The molecule has 0 bridgehead atoms. The van der Waals surface area contributed by atoms with E-state index in [1.54, 1.807) is 6.33 Å². The second kappa shape index (κ2) is 8.52. The lowest BCUT2D eigenvalue weighted by atomic mass is 10.1. The summed E-state index contributed by atoms with van der Waals surface area (Å²) in [6.45, 7) is 4.98. The monoisotopic (exact) mass is 420 g/mol. The summed E-state index contributed by atoms with van der Waals surface area (Å²) in [5.41, 5.74) is 3.37. The Labute approximate surface area is 182 Å². The number of anilines is 4. The van der Waals surface area contributed by atoms with Crippen LogP contribution in [-0.4, -0.2) is 64.5 Å². The molecule has 31 heavy (non-hydrogen) atoms. The summed E-state index contributed by atoms with van der Waals surface area (Å²) < 4.78 is 1.81. The van der Waals surface area contributed by atoms with Gasteiger partial charge in [0.1, 0.15) is 12.1 Å². The summed E-state index contributed by atoms with van der Waals surface area (Å²) in [4.78, 5) is 19.5. The minimum atomic E-state index is 0.0966. The zero-order valence-electron chi connectivity index (χ0n) is 18.0. The van der Waals surface area contributed by atoms with E-state index in [0.29, 0.717) is 6.61 Å². The number of likely N-dealkylation sites (N-methyl/N-ethyl adjacent to an activating group) is 1. The number of rotatable bonds is 5. The Balaban J connectivity index is 1.28. The van der Waals surface area contributed by atoms with Crippen LogP contribution in [0.1, 0.15) is 18.0 Å². The minimum absolute atomic E-state index is 0.0966. The molecule has 9 heteroatoms. The Bertz CT molecular complexity index is 1010. The second-order valence-electron chi connectivity index (χ2n) is 8.13. The Kier molecular flexibility index (Phi) is 5.44. The van der Waals surface area contributed by atoms with E-state index < -0.39 is 0 Å². The third-order valence-electron chi connectivity index (χ3n) is 5.90. The molecule has 9 nitrogen and oxygen atoms in total. The molecule has 0 spiro atoms. The van der Waals surface area contributed by atoms with Crippen LogP contribution in [-0.2, 0) is 11.9 Å². The quantitative estimate of drug-likeness (QED) is 0.675. The maximum Gasteiger partial charge on any atom is 0.158 e. The minimum Gasteiger partial charge on any atom is -0.369 e. The number of nitrogens with zero attached hydrogens (tertiary/aromatic N) is 7. The van der Waals surface area contributed by atoms with Crippen LogP contribution < -0.4 is 15.3 Å². The number of aromatic nitrogens is 4. The molecule has 0 unspecified atom stereocenters. The van der Waals surface area contributed by atoms with Crippen molar-refractivity contribution in [1.29, 1.82) is 0 Å². The molecule has 0 radical (unpaired) electrons. The smallest absolute Gasteiger partial charge is 0.158 e. The molecule has 162 valence electrons. The van der Waals surface area contributed by atoms with Gasteiger partial charge >= 0.3 is 0 Å². The first-order valence-electron chi connectivity index (χ1n) is 10.7. The highest BCUT2D eigenvalue weighted by Crippen LogP contribution is 2.34. The van der Waals surface area contributed by atoms with E-state index in [9.17, 15) is 0 Å². The van der Waals surface area contributed by atoms with Crippen molar-refractivity contribution in [2.45, 2.75) is 12.5 Å². The molecule has 0 amide bonds. The van der Waals surface area contributed by atoms with Crippen LogP contribution in [0, 0.1) is 0 Å². The predicted octanol–water partition coefficient (Wildman–Crippen LogP) is 2.59. The number of benzene rings is 1. The van der Waals surface area contributed by atoms with Crippen molar-refractivity contribution in [3.05, 3.63) is 54.6 Å². The van der Waals surface area contributed by atoms with Crippen LogP contribution in [0.4, 0.5) is 23.0 Å². The lowest BCUT2D eigenvalue weighted by Gasteiger charge is -2.34. The number of aryl methyl sites for hydroxylation is 1. The van der Waals surface area contributed by atoms with Crippen LogP contribution in [0.5, 0.6) is 0 Å².